The van der Waals surface area contributed by atoms with Gasteiger partial charge in [0.2, 0.25) is 15.9 Å². The fraction of sp³-hybridized carbons (Fsp3) is 0.500. The monoisotopic (exact) mass is 334 g/mol. The zero-order valence-corrected chi connectivity index (χ0v) is 13.4. The molecular weight excluding hydrogens is 316 g/mol. The van der Waals surface area contributed by atoms with Gasteiger partial charge in [-0.25, -0.2) is 17.9 Å². The first kappa shape index (κ1) is 17.6. The van der Waals surface area contributed by atoms with Crippen LogP contribution < -0.4 is 10.0 Å². The molecular formula is C12H18N2O5S2. The average Bonchev–Trinajstić information content (AvgIpc) is 2.92. The van der Waals surface area contributed by atoms with E-state index in [9.17, 15) is 18.0 Å². The average molecular weight is 334 g/mol. The molecule has 21 heavy (non-hydrogen) atoms. The summed E-state index contributed by atoms with van der Waals surface area (Å²) in [6, 6.07) is 3.08. The minimum absolute atomic E-state index is 0.0918. The van der Waals surface area contributed by atoms with Crippen molar-refractivity contribution in [2.45, 2.75) is 36.4 Å². The summed E-state index contributed by atoms with van der Waals surface area (Å²) in [6.07, 6.45) is 0.0997. The van der Waals surface area contributed by atoms with Crippen LogP contribution in [0.4, 0.5) is 0 Å². The van der Waals surface area contributed by atoms with Gasteiger partial charge in [0.1, 0.15) is 9.75 Å². The number of hydrogen-bond donors (Lipinski definition) is 3. The zero-order chi connectivity index (χ0) is 16.1. The number of aliphatic carboxylic acids is 1. The fourth-order valence-electron chi connectivity index (χ4n) is 1.45. The van der Waals surface area contributed by atoms with E-state index in [1.165, 1.54) is 13.0 Å². The van der Waals surface area contributed by atoms with E-state index in [0.717, 1.165) is 11.3 Å². The number of thiophene rings is 1. The normalized spacial score (nSPS) is 14.4. The largest absolute Gasteiger partial charge is 0.480 e. The highest BCUT2D eigenvalue weighted by Gasteiger charge is 2.32. The van der Waals surface area contributed by atoms with Gasteiger partial charge >= 0.3 is 5.97 Å². The van der Waals surface area contributed by atoms with Gasteiger partial charge in [-0.3, -0.25) is 4.79 Å². The van der Waals surface area contributed by atoms with Gasteiger partial charge in [0.25, 0.3) is 0 Å². The molecule has 1 unspecified atom stereocenters. The van der Waals surface area contributed by atoms with Gasteiger partial charge in [-0.2, -0.15) is 0 Å². The topological polar surface area (TPSA) is 113 Å². The number of sulfonamides is 1. The van der Waals surface area contributed by atoms with E-state index in [4.69, 9.17) is 5.11 Å². The first-order valence-corrected chi connectivity index (χ1v) is 8.65. The second-order valence-corrected chi connectivity index (χ2v) is 7.56. The molecule has 1 rings (SSSR count). The van der Waals surface area contributed by atoms with E-state index in [1.54, 1.807) is 18.4 Å². The van der Waals surface area contributed by atoms with E-state index in [-0.39, 0.29) is 23.6 Å². The number of carbonyl (C=O) groups excluding carboxylic acids is 1. The number of carboxylic acids is 1. The summed E-state index contributed by atoms with van der Waals surface area (Å²) in [5.41, 5.74) is -1.34. The maximum absolute atomic E-state index is 11.8. The molecule has 0 fully saturated rings. The lowest BCUT2D eigenvalue weighted by Gasteiger charge is -2.24. The number of nitrogens with one attached hydrogen (secondary N) is 2. The van der Waals surface area contributed by atoms with Crippen LogP contribution in [-0.4, -0.2) is 37.5 Å². The van der Waals surface area contributed by atoms with Gasteiger partial charge in [-0.05, 0) is 24.8 Å². The van der Waals surface area contributed by atoms with Crippen LogP contribution in [0.15, 0.2) is 21.7 Å². The summed E-state index contributed by atoms with van der Waals surface area (Å²) < 4.78 is 26.1. The lowest BCUT2D eigenvalue weighted by Crippen LogP contribution is -2.52. The number of hydrogen-bond acceptors (Lipinski definition) is 5. The standard InChI is InChI=1S/C12H18N2O5S2/c1-3-12(2,11(16)17)14-9(15)6-7-13-21(18,19)10-5-4-8-20-10/h4-5,8,13H,3,6-7H2,1-2H3,(H,14,15)(H,16,17). The number of amides is 1. The Labute approximate surface area is 127 Å². The van der Waals surface area contributed by atoms with Gasteiger partial charge < -0.3 is 10.4 Å². The second-order valence-electron chi connectivity index (χ2n) is 4.62. The summed E-state index contributed by atoms with van der Waals surface area (Å²) in [6.45, 7) is 2.96. The molecule has 1 aromatic heterocycles. The summed E-state index contributed by atoms with van der Waals surface area (Å²) in [5.74, 6) is -1.65. The molecule has 0 aliphatic rings. The van der Waals surface area contributed by atoms with E-state index >= 15 is 0 Å². The van der Waals surface area contributed by atoms with E-state index in [0.29, 0.717) is 0 Å². The van der Waals surface area contributed by atoms with Gasteiger partial charge in [-0.1, -0.05) is 13.0 Å². The third-order valence-corrected chi connectivity index (χ3v) is 5.86. The first-order chi connectivity index (χ1) is 9.71. The van der Waals surface area contributed by atoms with E-state index < -0.39 is 27.4 Å². The highest BCUT2D eigenvalue weighted by Crippen LogP contribution is 2.15. The van der Waals surface area contributed by atoms with Gasteiger partial charge in [0, 0.05) is 13.0 Å². The molecule has 1 amide bonds. The van der Waals surface area contributed by atoms with Gasteiger partial charge in [0.05, 0.1) is 0 Å². The minimum atomic E-state index is -3.61. The molecule has 1 heterocycles. The van der Waals surface area contributed by atoms with Crippen molar-refractivity contribution in [3.05, 3.63) is 17.5 Å². The Hall–Kier alpha value is -1.45. The highest BCUT2D eigenvalue weighted by atomic mass is 32.2. The van der Waals surface area contributed by atoms with Crippen LogP contribution in [0, 0.1) is 0 Å². The van der Waals surface area contributed by atoms with Crippen LogP contribution >= 0.6 is 11.3 Å². The lowest BCUT2D eigenvalue weighted by molar-refractivity contribution is -0.147. The van der Waals surface area contributed by atoms with Crippen molar-refractivity contribution in [3.63, 3.8) is 0 Å². The van der Waals surface area contributed by atoms with Crippen molar-refractivity contribution in [1.29, 1.82) is 0 Å². The Morgan fingerprint density at radius 2 is 2.10 bits per heavy atom. The van der Waals surface area contributed by atoms with Crippen LogP contribution in [0.3, 0.4) is 0 Å². The van der Waals surface area contributed by atoms with E-state index in [1.807, 2.05) is 0 Å². The Morgan fingerprint density at radius 3 is 2.57 bits per heavy atom. The molecule has 118 valence electrons. The molecule has 1 atom stereocenters. The SMILES string of the molecule is CCC(C)(NC(=O)CCNS(=O)(=O)c1cccs1)C(=O)O. The lowest BCUT2D eigenvalue weighted by atomic mass is 9.99. The van der Waals surface area contributed by atoms with Crippen LogP contribution in [0.5, 0.6) is 0 Å². The maximum atomic E-state index is 11.8. The highest BCUT2D eigenvalue weighted by molar-refractivity contribution is 7.91. The molecule has 0 radical (unpaired) electrons. The van der Waals surface area contributed by atoms with Crippen molar-refractivity contribution < 1.29 is 23.1 Å². The Morgan fingerprint density at radius 1 is 1.43 bits per heavy atom. The van der Waals surface area contributed by atoms with Crippen LogP contribution in [0.2, 0.25) is 0 Å². The minimum Gasteiger partial charge on any atom is -0.480 e. The number of rotatable bonds is 8. The maximum Gasteiger partial charge on any atom is 0.329 e. The first-order valence-electron chi connectivity index (χ1n) is 6.29. The van der Waals surface area contributed by atoms with Crippen LogP contribution in [-0.2, 0) is 19.6 Å². The Kier molecular flexibility index (Phi) is 5.87. The third-order valence-electron chi connectivity index (χ3n) is 3.00. The molecule has 0 saturated carbocycles. The number of carboxylic acid groups (broad SMARTS) is 1. The molecule has 7 nitrogen and oxygen atoms in total. The van der Waals surface area contributed by atoms with Crippen molar-refractivity contribution >= 4 is 33.2 Å². The predicted octanol–water partition coefficient (Wildman–Crippen LogP) is 0.786. The molecule has 0 spiro atoms. The predicted molar refractivity (Wildman–Crippen MR) is 78.6 cm³/mol. The summed E-state index contributed by atoms with van der Waals surface area (Å²) in [7, 11) is -3.61. The van der Waals surface area contributed by atoms with Crippen molar-refractivity contribution in [2.75, 3.05) is 6.54 Å². The Balaban J connectivity index is 2.50. The molecule has 0 aliphatic carbocycles. The molecule has 1 aromatic rings. The quantitative estimate of drug-likeness (QED) is 0.650. The van der Waals surface area contributed by atoms with Crippen LogP contribution in [0.25, 0.3) is 0 Å². The fourth-order valence-corrected chi connectivity index (χ4v) is 3.52. The molecule has 9 heteroatoms. The molecule has 0 bridgehead atoms. The van der Waals surface area contributed by atoms with Crippen molar-refractivity contribution in [2.24, 2.45) is 0 Å². The smallest absolute Gasteiger partial charge is 0.329 e. The Bertz CT molecular complexity index is 597. The van der Waals surface area contributed by atoms with Crippen molar-refractivity contribution in [3.8, 4) is 0 Å². The zero-order valence-electron chi connectivity index (χ0n) is 11.8. The number of carbonyl (C=O) groups is 2. The third kappa shape index (κ3) is 4.80. The van der Waals surface area contributed by atoms with Crippen LogP contribution in [0.1, 0.15) is 26.7 Å². The van der Waals surface area contributed by atoms with E-state index in [2.05, 4.69) is 10.0 Å². The summed E-state index contributed by atoms with van der Waals surface area (Å²) in [5, 5.41) is 13.1. The summed E-state index contributed by atoms with van der Waals surface area (Å²) in [4.78, 5) is 22.7. The van der Waals surface area contributed by atoms with Gasteiger partial charge in [0.15, 0.2) is 0 Å². The van der Waals surface area contributed by atoms with Crippen molar-refractivity contribution in [1.82, 2.24) is 10.0 Å². The second kappa shape index (κ2) is 7.01. The molecule has 0 saturated heterocycles. The molecule has 3 N–H and O–H groups in total. The summed E-state index contributed by atoms with van der Waals surface area (Å²) >= 11 is 1.08. The van der Waals surface area contributed by atoms with Gasteiger partial charge in [-0.15, -0.1) is 11.3 Å². The molecule has 0 aromatic carbocycles. The molecule has 0 aliphatic heterocycles.